The predicted octanol–water partition coefficient (Wildman–Crippen LogP) is 4.24. The summed E-state index contributed by atoms with van der Waals surface area (Å²) in [5.41, 5.74) is -1.11. The van der Waals surface area contributed by atoms with Crippen molar-refractivity contribution in [1.29, 1.82) is 0 Å². The van der Waals surface area contributed by atoms with Crippen molar-refractivity contribution in [3.63, 3.8) is 0 Å². The average Bonchev–Trinajstić information content (AvgIpc) is 2.82. The summed E-state index contributed by atoms with van der Waals surface area (Å²) in [6.07, 6.45) is 5.39. The number of rotatable bonds is 1. The van der Waals surface area contributed by atoms with Crippen LogP contribution in [0.15, 0.2) is 48.5 Å². The highest BCUT2D eigenvalue weighted by Crippen LogP contribution is 2.36. The third-order valence-corrected chi connectivity index (χ3v) is 5.99. The van der Waals surface area contributed by atoms with Gasteiger partial charge in [-0.15, -0.1) is 0 Å². The Bertz CT molecular complexity index is 762. The lowest BCUT2D eigenvalue weighted by atomic mass is 9.77. The van der Waals surface area contributed by atoms with Crippen LogP contribution in [0, 0.1) is 5.92 Å². The molecule has 1 aliphatic carbocycles. The Morgan fingerprint density at radius 1 is 0.613 bits per heavy atom. The van der Waals surface area contributed by atoms with Crippen molar-refractivity contribution in [3.8, 4) is 23.0 Å². The van der Waals surface area contributed by atoms with Crippen LogP contribution >= 0.6 is 0 Å². The van der Waals surface area contributed by atoms with Crippen LogP contribution in [0.4, 0.5) is 0 Å². The van der Waals surface area contributed by atoms with Crippen LogP contribution in [0.1, 0.15) is 32.1 Å². The first kappa shape index (κ1) is 21.8. The Morgan fingerprint density at radius 3 is 1.55 bits per heavy atom. The van der Waals surface area contributed by atoms with Gasteiger partial charge >= 0.3 is 0 Å². The van der Waals surface area contributed by atoms with Gasteiger partial charge in [0.15, 0.2) is 23.0 Å². The number of fused-ring (bicyclic) bond motifs is 2. The van der Waals surface area contributed by atoms with Crippen molar-refractivity contribution in [2.24, 2.45) is 5.92 Å². The van der Waals surface area contributed by atoms with Gasteiger partial charge in [0.2, 0.25) is 0 Å². The molecular weight excluding hydrogens is 396 g/mol. The molecule has 0 saturated heterocycles. The van der Waals surface area contributed by atoms with Crippen molar-refractivity contribution < 1.29 is 28.8 Å². The smallest absolute Gasteiger partial charge is 0.161 e. The summed E-state index contributed by atoms with van der Waals surface area (Å²) in [6, 6.07) is 15.1. The van der Waals surface area contributed by atoms with E-state index in [2.05, 4.69) is 0 Å². The van der Waals surface area contributed by atoms with E-state index in [1.807, 2.05) is 48.5 Å². The molecule has 0 spiro atoms. The minimum absolute atomic E-state index is 0.120. The van der Waals surface area contributed by atoms with Crippen LogP contribution < -0.4 is 18.9 Å². The number of hydrogen-bond acceptors (Lipinski definition) is 6. The molecule has 0 amide bonds. The monoisotopic (exact) mass is 428 g/mol. The molecule has 1 saturated carbocycles. The standard InChI is InChI=1S/C25H32O6/c26-25(20-8-2-1-3-9-20)18-30-23-12-6-4-10-21(23)28-16-14-27-15-17-29-22-11-5-7-13-24(22)31-19-25/h4-7,10-13,20,26H,1-3,8-9,14-19H2. The van der Waals surface area contributed by atoms with Crippen LogP contribution in [0.3, 0.4) is 0 Å². The summed E-state index contributed by atoms with van der Waals surface area (Å²) in [5, 5.41) is 11.7. The molecule has 0 bridgehead atoms. The molecule has 4 rings (SSSR count). The summed E-state index contributed by atoms with van der Waals surface area (Å²) in [7, 11) is 0. The Morgan fingerprint density at radius 2 is 1.06 bits per heavy atom. The largest absolute Gasteiger partial charge is 0.487 e. The SMILES string of the molecule is OC1(C2CCCCC2)COc2ccccc2OCCOCCOc2ccccc2OC1. The molecule has 2 aliphatic rings. The Kier molecular flexibility index (Phi) is 7.54. The van der Waals surface area contributed by atoms with E-state index in [1.165, 1.54) is 6.42 Å². The van der Waals surface area contributed by atoms with E-state index in [0.717, 1.165) is 25.7 Å². The molecule has 0 unspecified atom stereocenters. The third-order valence-electron chi connectivity index (χ3n) is 5.99. The highest BCUT2D eigenvalue weighted by Gasteiger charge is 2.39. The lowest BCUT2D eigenvalue weighted by Crippen LogP contribution is -2.49. The molecule has 168 valence electrons. The lowest BCUT2D eigenvalue weighted by Gasteiger charge is -2.38. The van der Waals surface area contributed by atoms with Crippen molar-refractivity contribution in [2.45, 2.75) is 37.7 Å². The third kappa shape index (κ3) is 5.83. The molecule has 1 N–H and O–H groups in total. The highest BCUT2D eigenvalue weighted by atomic mass is 16.6. The number of hydrogen-bond donors (Lipinski definition) is 1. The molecule has 1 heterocycles. The second kappa shape index (κ2) is 10.7. The summed E-state index contributed by atoms with van der Waals surface area (Å²) in [5.74, 6) is 2.65. The first-order chi connectivity index (χ1) is 15.2. The first-order valence-electron chi connectivity index (χ1n) is 11.2. The molecule has 0 atom stereocenters. The minimum Gasteiger partial charge on any atom is -0.487 e. The lowest BCUT2D eigenvalue weighted by molar-refractivity contribution is -0.0928. The topological polar surface area (TPSA) is 66.4 Å². The Hall–Kier alpha value is -2.44. The summed E-state index contributed by atoms with van der Waals surface area (Å²) in [6.45, 7) is 1.98. The quantitative estimate of drug-likeness (QED) is 0.733. The minimum atomic E-state index is -1.11. The van der Waals surface area contributed by atoms with Gasteiger partial charge in [0.25, 0.3) is 0 Å². The fraction of sp³-hybridized carbons (Fsp3) is 0.520. The van der Waals surface area contributed by atoms with Crippen LogP contribution in [0.2, 0.25) is 0 Å². The molecular formula is C25H32O6. The van der Waals surface area contributed by atoms with Gasteiger partial charge < -0.3 is 28.8 Å². The van der Waals surface area contributed by atoms with E-state index in [0.29, 0.717) is 49.4 Å². The molecule has 6 nitrogen and oxygen atoms in total. The second-order valence-electron chi connectivity index (χ2n) is 8.22. The number of para-hydroxylation sites is 4. The zero-order chi connectivity index (χ0) is 21.4. The Labute approximate surface area is 184 Å². The maximum absolute atomic E-state index is 11.7. The summed E-state index contributed by atoms with van der Waals surface area (Å²) in [4.78, 5) is 0. The molecule has 2 aromatic rings. The van der Waals surface area contributed by atoms with E-state index in [9.17, 15) is 5.11 Å². The number of aliphatic hydroxyl groups is 1. The molecule has 31 heavy (non-hydrogen) atoms. The molecule has 1 fully saturated rings. The fourth-order valence-corrected chi connectivity index (χ4v) is 4.22. The Balaban J connectivity index is 1.57. The van der Waals surface area contributed by atoms with E-state index in [4.69, 9.17) is 23.7 Å². The van der Waals surface area contributed by atoms with Crippen LogP contribution in [0.5, 0.6) is 23.0 Å². The highest BCUT2D eigenvalue weighted by molar-refractivity contribution is 5.40. The summed E-state index contributed by atoms with van der Waals surface area (Å²) < 4.78 is 29.6. The first-order valence-corrected chi connectivity index (χ1v) is 11.2. The summed E-state index contributed by atoms with van der Waals surface area (Å²) >= 11 is 0. The maximum Gasteiger partial charge on any atom is 0.161 e. The molecule has 1 aliphatic heterocycles. The van der Waals surface area contributed by atoms with Gasteiger partial charge in [-0.25, -0.2) is 0 Å². The molecule has 6 heteroatoms. The second-order valence-corrected chi connectivity index (χ2v) is 8.22. The van der Waals surface area contributed by atoms with Crippen molar-refractivity contribution in [3.05, 3.63) is 48.5 Å². The van der Waals surface area contributed by atoms with Gasteiger partial charge in [0.05, 0.1) is 13.2 Å². The van der Waals surface area contributed by atoms with Crippen molar-refractivity contribution >= 4 is 0 Å². The van der Waals surface area contributed by atoms with Gasteiger partial charge in [0, 0.05) is 0 Å². The average molecular weight is 429 g/mol. The van der Waals surface area contributed by atoms with Gasteiger partial charge in [-0.1, -0.05) is 43.5 Å². The molecule has 2 aromatic carbocycles. The molecule has 0 aromatic heterocycles. The normalized spacial score (nSPS) is 20.7. The zero-order valence-corrected chi connectivity index (χ0v) is 18.0. The van der Waals surface area contributed by atoms with E-state index < -0.39 is 5.60 Å². The van der Waals surface area contributed by atoms with E-state index >= 15 is 0 Å². The predicted molar refractivity (Wildman–Crippen MR) is 117 cm³/mol. The molecule has 0 radical (unpaired) electrons. The van der Waals surface area contributed by atoms with Gasteiger partial charge in [0.1, 0.15) is 32.0 Å². The van der Waals surface area contributed by atoms with E-state index in [1.54, 1.807) is 0 Å². The van der Waals surface area contributed by atoms with Crippen LogP contribution in [-0.2, 0) is 4.74 Å². The number of ether oxygens (including phenoxy) is 5. The van der Waals surface area contributed by atoms with Gasteiger partial charge in [-0.2, -0.15) is 0 Å². The maximum atomic E-state index is 11.7. The fourth-order valence-electron chi connectivity index (χ4n) is 4.22. The zero-order valence-electron chi connectivity index (χ0n) is 18.0. The van der Waals surface area contributed by atoms with Gasteiger partial charge in [-0.3, -0.25) is 0 Å². The van der Waals surface area contributed by atoms with E-state index in [-0.39, 0.29) is 19.1 Å². The van der Waals surface area contributed by atoms with Crippen LogP contribution in [-0.4, -0.2) is 50.3 Å². The number of benzene rings is 2. The van der Waals surface area contributed by atoms with Crippen molar-refractivity contribution in [1.82, 2.24) is 0 Å². The van der Waals surface area contributed by atoms with Crippen LogP contribution in [0.25, 0.3) is 0 Å². The van der Waals surface area contributed by atoms with Crippen molar-refractivity contribution in [2.75, 3.05) is 39.6 Å². The van der Waals surface area contributed by atoms with Gasteiger partial charge in [-0.05, 0) is 43.0 Å².